The average Bonchev–Trinajstić information content (AvgIpc) is 2.54. The molecule has 1 aromatic heterocycles. The van der Waals surface area contributed by atoms with Gasteiger partial charge in [-0.3, -0.25) is 0 Å². The minimum atomic E-state index is -4.14. The number of benzene rings is 1. The molecule has 0 aliphatic carbocycles. The van der Waals surface area contributed by atoms with E-state index in [9.17, 15) is 13.2 Å². The second-order valence-corrected chi connectivity index (χ2v) is 4.95. The standard InChI is InChI=1S/C12H12F3NS/c1-9-8-10-4-2-3-5-11(10)16(9)6-7-17-12(13,14)15/h2-5,8H,6-7H2,1H3. The summed E-state index contributed by atoms with van der Waals surface area (Å²) in [7, 11) is 0. The third kappa shape index (κ3) is 2.97. The minimum Gasteiger partial charge on any atom is -0.344 e. The molecule has 0 saturated carbocycles. The van der Waals surface area contributed by atoms with Crippen LogP contribution in [0.5, 0.6) is 0 Å². The molecule has 2 rings (SSSR count). The van der Waals surface area contributed by atoms with Crippen LogP contribution in [0.1, 0.15) is 5.69 Å². The Morgan fingerprint density at radius 1 is 1.24 bits per heavy atom. The molecule has 0 saturated heterocycles. The summed E-state index contributed by atoms with van der Waals surface area (Å²) in [5, 5.41) is 1.07. The molecule has 92 valence electrons. The summed E-state index contributed by atoms with van der Waals surface area (Å²) in [4.78, 5) is 0. The van der Waals surface area contributed by atoms with Crippen molar-refractivity contribution in [1.29, 1.82) is 0 Å². The molecule has 0 atom stereocenters. The number of aryl methyl sites for hydroxylation is 2. The molecule has 1 nitrogen and oxygen atoms in total. The Morgan fingerprint density at radius 2 is 1.94 bits per heavy atom. The fourth-order valence-electron chi connectivity index (χ4n) is 1.90. The maximum absolute atomic E-state index is 12.1. The number of aromatic nitrogens is 1. The van der Waals surface area contributed by atoms with Crippen LogP contribution in [0.3, 0.4) is 0 Å². The Bertz CT molecular complexity index is 516. The van der Waals surface area contributed by atoms with Gasteiger partial charge in [-0.05, 0) is 36.2 Å². The Hall–Kier alpha value is -1.10. The van der Waals surface area contributed by atoms with Crippen molar-refractivity contribution in [2.45, 2.75) is 19.0 Å². The summed E-state index contributed by atoms with van der Waals surface area (Å²) in [6, 6.07) is 9.72. The molecule has 0 bridgehead atoms. The molecule has 0 N–H and O–H groups in total. The number of thioether (sulfide) groups is 1. The van der Waals surface area contributed by atoms with E-state index in [1.807, 2.05) is 41.8 Å². The summed E-state index contributed by atoms with van der Waals surface area (Å²) in [6.45, 7) is 2.29. The second-order valence-electron chi connectivity index (χ2n) is 3.79. The molecule has 5 heteroatoms. The van der Waals surface area contributed by atoms with Gasteiger partial charge in [0.2, 0.25) is 0 Å². The van der Waals surface area contributed by atoms with Crippen LogP contribution in [0.2, 0.25) is 0 Å². The Balaban J connectivity index is 2.15. The van der Waals surface area contributed by atoms with E-state index in [-0.39, 0.29) is 17.5 Å². The van der Waals surface area contributed by atoms with Crippen LogP contribution in [0.15, 0.2) is 30.3 Å². The number of rotatable bonds is 3. The first-order chi connectivity index (χ1) is 7.97. The van der Waals surface area contributed by atoms with Crippen molar-refractivity contribution in [3.8, 4) is 0 Å². The molecular weight excluding hydrogens is 247 g/mol. The minimum absolute atomic E-state index is 0.0282. The lowest BCUT2D eigenvalue weighted by atomic mass is 10.2. The zero-order chi connectivity index (χ0) is 12.5. The topological polar surface area (TPSA) is 4.93 Å². The molecule has 0 radical (unpaired) electrons. The normalized spacial score (nSPS) is 12.2. The average molecular weight is 259 g/mol. The monoisotopic (exact) mass is 259 g/mol. The van der Waals surface area contributed by atoms with Crippen LogP contribution >= 0.6 is 11.8 Å². The van der Waals surface area contributed by atoms with Crippen molar-refractivity contribution in [3.05, 3.63) is 36.0 Å². The number of hydrogen-bond acceptors (Lipinski definition) is 1. The lowest BCUT2D eigenvalue weighted by Gasteiger charge is -2.09. The van der Waals surface area contributed by atoms with Crippen LogP contribution in [-0.2, 0) is 6.54 Å². The van der Waals surface area contributed by atoms with Crippen molar-refractivity contribution >= 4 is 22.7 Å². The predicted molar refractivity (Wildman–Crippen MR) is 65.2 cm³/mol. The van der Waals surface area contributed by atoms with Crippen molar-refractivity contribution in [1.82, 2.24) is 4.57 Å². The highest BCUT2D eigenvalue weighted by Gasteiger charge is 2.27. The van der Waals surface area contributed by atoms with Gasteiger partial charge in [0.05, 0.1) is 0 Å². The van der Waals surface area contributed by atoms with Gasteiger partial charge in [-0.25, -0.2) is 0 Å². The summed E-state index contributed by atoms with van der Waals surface area (Å²) >= 11 is 0.0282. The van der Waals surface area contributed by atoms with E-state index in [0.29, 0.717) is 6.54 Å². The molecule has 1 heterocycles. The lowest BCUT2D eigenvalue weighted by molar-refractivity contribution is -0.0328. The Kier molecular flexibility index (Phi) is 3.38. The summed E-state index contributed by atoms with van der Waals surface area (Å²) in [5.41, 5.74) is -2.15. The Morgan fingerprint density at radius 3 is 2.65 bits per heavy atom. The van der Waals surface area contributed by atoms with Gasteiger partial charge >= 0.3 is 5.51 Å². The zero-order valence-electron chi connectivity index (χ0n) is 9.29. The van der Waals surface area contributed by atoms with E-state index in [4.69, 9.17) is 0 Å². The van der Waals surface area contributed by atoms with E-state index in [0.717, 1.165) is 16.6 Å². The molecule has 2 aromatic rings. The molecule has 0 amide bonds. The third-order valence-corrected chi connectivity index (χ3v) is 3.31. The fraction of sp³-hybridized carbons (Fsp3) is 0.333. The van der Waals surface area contributed by atoms with Gasteiger partial charge in [0.25, 0.3) is 0 Å². The highest BCUT2D eigenvalue weighted by molar-refractivity contribution is 8.00. The van der Waals surface area contributed by atoms with E-state index in [1.165, 1.54) is 0 Å². The van der Waals surface area contributed by atoms with Crippen molar-refractivity contribution in [2.24, 2.45) is 0 Å². The van der Waals surface area contributed by atoms with E-state index >= 15 is 0 Å². The molecule has 0 spiro atoms. The molecule has 0 aliphatic rings. The van der Waals surface area contributed by atoms with E-state index < -0.39 is 5.51 Å². The van der Waals surface area contributed by atoms with Gasteiger partial charge in [0, 0.05) is 23.5 Å². The number of para-hydroxylation sites is 1. The number of nitrogens with zero attached hydrogens (tertiary/aromatic N) is 1. The quantitative estimate of drug-likeness (QED) is 0.799. The molecule has 1 aromatic carbocycles. The van der Waals surface area contributed by atoms with Crippen molar-refractivity contribution < 1.29 is 13.2 Å². The molecule has 0 unspecified atom stereocenters. The largest absolute Gasteiger partial charge is 0.441 e. The highest BCUT2D eigenvalue weighted by atomic mass is 32.2. The second kappa shape index (κ2) is 4.64. The molecule has 0 fully saturated rings. The van der Waals surface area contributed by atoms with Gasteiger partial charge < -0.3 is 4.57 Å². The van der Waals surface area contributed by atoms with Crippen LogP contribution < -0.4 is 0 Å². The van der Waals surface area contributed by atoms with Crippen LogP contribution in [0.25, 0.3) is 10.9 Å². The van der Waals surface area contributed by atoms with Crippen LogP contribution in [0, 0.1) is 6.92 Å². The molecule has 17 heavy (non-hydrogen) atoms. The van der Waals surface area contributed by atoms with Crippen molar-refractivity contribution in [2.75, 3.05) is 5.75 Å². The third-order valence-electron chi connectivity index (χ3n) is 2.60. The van der Waals surface area contributed by atoms with Gasteiger partial charge in [0.15, 0.2) is 0 Å². The highest BCUT2D eigenvalue weighted by Crippen LogP contribution is 2.30. The first-order valence-corrected chi connectivity index (χ1v) is 6.21. The fourth-order valence-corrected chi connectivity index (χ4v) is 2.40. The van der Waals surface area contributed by atoms with Crippen molar-refractivity contribution in [3.63, 3.8) is 0 Å². The number of fused-ring (bicyclic) bond motifs is 1. The predicted octanol–water partition coefficient (Wildman–Crippen LogP) is 4.20. The molecule has 0 aliphatic heterocycles. The maximum Gasteiger partial charge on any atom is 0.441 e. The number of hydrogen-bond donors (Lipinski definition) is 0. The number of alkyl halides is 3. The zero-order valence-corrected chi connectivity index (χ0v) is 10.1. The maximum atomic E-state index is 12.1. The Labute approximate surface area is 102 Å². The van der Waals surface area contributed by atoms with E-state index in [1.54, 1.807) is 0 Å². The smallest absolute Gasteiger partial charge is 0.344 e. The van der Waals surface area contributed by atoms with Gasteiger partial charge in [-0.15, -0.1) is 0 Å². The van der Waals surface area contributed by atoms with Crippen LogP contribution in [-0.4, -0.2) is 15.8 Å². The molecular formula is C12H12F3NS. The van der Waals surface area contributed by atoms with Gasteiger partial charge in [-0.1, -0.05) is 18.2 Å². The first kappa shape index (κ1) is 12.4. The number of halogens is 3. The van der Waals surface area contributed by atoms with Gasteiger partial charge in [0.1, 0.15) is 0 Å². The van der Waals surface area contributed by atoms with E-state index in [2.05, 4.69) is 0 Å². The summed E-state index contributed by atoms with van der Waals surface area (Å²) in [5.74, 6) is 0.0447. The SMILES string of the molecule is Cc1cc2ccccc2n1CCSC(F)(F)F. The first-order valence-electron chi connectivity index (χ1n) is 5.23. The summed E-state index contributed by atoms with van der Waals surface area (Å²) in [6.07, 6.45) is 0. The van der Waals surface area contributed by atoms with Crippen LogP contribution in [0.4, 0.5) is 13.2 Å². The lowest BCUT2D eigenvalue weighted by Crippen LogP contribution is -2.07. The van der Waals surface area contributed by atoms with Gasteiger partial charge in [-0.2, -0.15) is 13.2 Å². The summed E-state index contributed by atoms with van der Waals surface area (Å²) < 4.78 is 38.1.